The van der Waals surface area contributed by atoms with Crippen LogP contribution in [0.25, 0.3) is 0 Å². The first-order valence-electron chi connectivity index (χ1n) is 5.47. The number of hydrogen-bond acceptors (Lipinski definition) is 3. The van der Waals surface area contributed by atoms with Crippen molar-refractivity contribution in [3.05, 3.63) is 0 Å². The summed E-state index contributed by atoms with van der Waals surface area (Å²) in [6.07, 6.45) is 6.19. The van der Waals surface area contributed by atoms with Gasteiger partial charge in [0, 0.05) is 0 Å². The van der Waals surface area contributed by atoms with E-state index in [1.807, 2.05) is 0 Å². The number of hydrogen-bond donors (Lipinski definition) is 1. The van der Waals surface area contributed by atoms with Crippen molar-refractivity contribution in [1.29, 1.82) is 0 Å². The lowest BCUT2D eigenvalue weighted by Crippen LogP contribution is -2.37. The van der Waals surface area contributed by atoms with Gasteiger partial charge < -0.3 is 5.11 Å². The summed E-state index contributed by atoms with van der Waals surface area (Å²) in [5.74, 6) is 0. The van der Waals surface area contributed by atoms with Crippen molar-refractivity contribution < 1.29 is 13.5 Å². The molecule has 0 aromatic carbocycles. The monoisotopic (exact) mass is 218 g/mol. The largest absolute Gasteiger partial charge is 0.395 e. The van der Waals surface area contributed by atoms with Crippen LogP contribution < -0.4 is 0 Å². The summed E-state index contributed by atoms with van der Waals surface area (Å²) in [6.45, 7) is -0.175. The average molecular weight is 218 g/mol. The molecule has 2 rings (SSSR count). The molecule has 0 amide bonds. The van der Waals surface area contributed by atoms with Gasteiger partial charge in [-0.3, -0.25) is 0 Å². The van der Waals surface area contributed by atoms with Crippen LogP contribution in [0.4, 0.5) is 0 Å². The number of rotatable bonds is 3. The first kappa shape index (κ1) is 10.4. The van der Waals surface area contributed by atoms with E-state index in [0.29, 0.717) is 12.8 Å². The van der Waals surface area contributed by atoms with Crippen molar-refractivity contribution in [3.63, 3.8) is 0 Å². The van der Waals surface area contributed by atoms with Crippen molar-refractivity contribution in [2.45, 2.75) is 54.9 Å². The van der Waals surface area contributed by atoms with Gasteiger partial charge in [-0.1, -0.05) is 19.3 Å². The van der Waals surface area contributed by atoms with E-state index < -0.39 is 14.6 Å². The van der Waals surface area contributed by atoms with Crippen molar-refractivity contribution in [2.24, 2.45) is 0 Å². The maximum atomic E-state index is 12.1. The Bertz CT molecular complexity index is 297. The van der Waals surface area contributed by atoms with E-state index in [2.05, 4.69) is 0 Å². The molecule has 2 aliphatic rings. The second-order valence-corrected chi connectivity index (χ2v) is 7.27. The molecule has 0 aliphatic heterocycles. The Hall–Kier alpha value is -0.0900. The van der Waals surface area contributed by atoms with Crippen LogP contribution in [-0.4, -0.2) is 30.1 Å². The van der Waals surface area contributed by atoms with E-state index in [1.54, 1.807) is 0 Å². The first-order valence-corrected chi connectivity index (χ1v) is 7.01. The molecule has 0 atom stereocenters. The third-order valence-corrected chi connectivity index (χ3v) is 6.78. The second-order valence-electron chi connectivity index (χ2n) is 4.65. The molecule has 82 valence electrons. The molecule has 1 N–H and O–H groups in total. The predicted octanol–water partition coefficient (Wildman–Crippen LogP) is 1.26. The van der Waals surface area contributed by atoms with Crippen LogP contribution >= 0.6 is 0 Å². The number of aliphatic hydroxyl groups is 1. The second kappa shape index (κ2) is 3.49. The van der Waals surface area contributed by atoms with Crippen LogP contribution in [0, 0.1) is 0 Å². The molecular formula is C10H18O3S. The van der Waals surface area contributed by atoms with Crippen LogP contribution in [0.15, 0.2) is 0 Å². The van der Waals surface area contributed by atoms with Gasteiger partial charge in [-0.2, -0.15) is 0 Å². The van der Waals surface area contributed by atoms with Crippen LogP contribution in [-0.2, 0) is 9.84 Å². The molecule has 2 saturated carbocycles. The van der Waals surface area contributed by atoms with E-state index in [4.69, 9.17) is 5.11 Å². The molecule has 0 aromatic rings. The lowest BCUT2D eigenvalue weighted by molar-refractivity contribution is 0.282. The van der Waals surface area contributed by atoms with Gasteiger partial charge in [0.1, 0.15) is 0 Å². The Morgan fingerprint density at radius 2 is 1.71 bits per heavy atom. The van der Waals surface area contributed by atoms with Crippen molar-refractivity contribution in [1.82, 2.24) is 0 Å². The average Bonchev–Trinajstić information content (AvgIpc) is 3.00. The number of aliphatic hydroxyl groups excluding tert-OH is 1. The summed E-state index contributed by atoms with van der Waals surface area (Å²) in [6, 6.07) is 0. The number of sulfone groups is 1. The molecule has 4 heteroatoms. The van der Waals surface area contributed by atoms with Gasteiger partial charge in [-0.25, -0.2) is 8.42 Å². The molecule has 2 fully saturated rings. The molecule has 0 radical (unpaired) electrons. The zero-order valence-corrected chi connectivity index (χ0v) is 9.22. The molecule has 14 heavy (non-hydrogen) atoms. The van der Waals surface area contributed by atoms with Gasteiger partial charge in [0.2, 0.25) is 0 Å². The highest BCUT2D eigenvalue weighted by Crippen LogP contribution is 2.47. The highest BCUT2D eigenvalue weighted by molar-refractivity contribution is 7.93. The quantitative estimate of drug-likeness (QED) is 0.776. The highest BCUT2D eigenvalue weighted by atomic mass is 32.2. The lowest BCUT2D eigenvalue weighted by Gasteiger charge is -2.25. The molecular weight excluding hydrogens is 200 g/mol. The molecule has 0 aromatic heterocycles. The Morgan fingerprint density at radius 3 is 2.14 bits per heavy atom. The topological polar surface area (TPSA) is 54.4 Å². The summed E-state index contributed by atoms with van der Waals surface area (Å²) in [5, 5.41) is 8.98. The van der Waals surface area contributed by atoms with Crippen LogP contribution in [0.2, 0.25) is 0 Å². The van der Waals surface area contributed by atoms with Gasteiger partial charge in [-0.15, -0.1) is 0 Å². The lowest BCUT2D eigenvalue weighted by atomic mass is 10.0. The first-order chi connectivity index (χ1) is 6.62. The Kier molecular flexibility index (Phi) is 2.60. The summed E-state index contributed by atoms with van der Waals surface area (Å²) in [5.41, 5.74) is 0. The highest BCUT2D eigenvalue weighted by Gasteiger charge is 2.56. The van der Waals surface area contributed by atoms with Gasteiger partial charge in [-0.05, 0) is 25.7 Å². The van der Waals surface area contributed by atoms with Crippen LogP contribution in [0.3, 0.4) is 0 Å². The van der Waals surface area contributed by atoms with Gasteiger partial charge in [0.25, 0.3) is 0 Å². The van der Waals surface area contributed by atoms with Crippen molar-refractivity contribution >= 4 is 9.84 Å². The Morgan fingerprint density at radius 1 is 1.14 bits per heavy atom. The van der Waals surface area contributed by atoms with Crippen molar-refractivity contribution in [2.75, 3.05) is 6.61 Å². The predicted molar refractivity (Wildman–Crippen MR) is 54.8 cm³/mol. The van der Waals surface area contributed by atoms with E-state index in [9.17, 15) is 8.42 Å². The zero-order chi connectivity index (χ0) is 10.2. The Balaban J connectivity index is 2.15. The van der Waals surface area contributed by atoms with E-state index in [0.717, 1.165) is 32.1 Å². The maximum Gasteiger partial charge on any atom is 0.161 e. The normalized spacial score (nSPS) is 27.5. The summed E-state index contributed by atoms with van der Waals surface area (Å²) in [4.78, 5) is 0. The molecule has 0 saturated heterocycles. The summed E-state index contributed by atoms with van der Waals surface area (Å²) < 4.78 is 23.6. The fourth-order valence-electron chi connectivity index (χ4n) is 2.40. The minimum Gasteiger partial charge on any atom is -0.395 e. The summed E-state index contributed by atoms with van der Waals surface area (Å²) in [7, 11) is -3.05. The minimum absolute atomic E-state index is 0.161. The molecule has 2 aliphatic carbocycles. The molecule has 0 bridgehead atoms. The SMILES string of the molecule is O=S(=O)(C1CCCCC1)C1(CO)CC1. The van der Waals surface area contributed by atoms with Gasteiger partial charge >= 0.3 is 0 Å². The van der Waals surface area contributed by atoms with E-state index >= 15 is 0 Å². The molecule has 0 unspecified atom stereocenters. The van der Waals surface area contributed by atoms with Crippen LogP contribution in [0.1, 0.15) is 44.9 Å². The van der Waals surface area contributed by atoms with E-state index in [1.165, 1.54) is 0 Å². The van der Waals surface area contributed by atoms with Gasteiger partial charge in [0.15, 0.2) is 9.84 Å². The molecule has 0 spiro atoms. The maximum absolute atomic E-state index is 12.1. The smallest absolute Gasteiger partial charge is 0.161 e. The minimum atomic E-state index is -3.05. The third kappa shape index (κ3) is 1.48. The third-order valence-electron chi connectivity index (χ3n) is 3.69. The standard InChI is InChI=1S/C10H18O3S/c11-8-10(6-7-10)14(12,13)9-4-2-1-3-5-9/h9,11H,1-8H2. The fourth-order valence-corrected chi connectivity index (χ4v) is 4.91. The van der Waals surface area contributed by atoms with Crippen LogP contribution in [0.5, 0.6) is 0 Å². The summed E-state index contributed by atoms with van der Waals surface area (Å²) >= 11 is 0. The van der Waals surface area contributed by atoms with Crippen molar-refractivity contribution in [3.8, 4) is 0 Å². The zero-order valence-electron chi connectivity index (χ0n) is 8.41. The molecule has 0 heterocycles. The Labute approximate surface area is 85.4 Å². The fraction of sp³-hybridized carbons (Fsp3) is 1.00. The van der Waals surface area contributed by atoms with E-state index in [-0.39, 0.29) is 11.9 Å². The van der Waals surface area contributed by atoms with Gasteiger partial charge in [0.05, 0.1) is 16.6 Å². The molecule has 3 nitrogen and oxygen atoms in total.